The van der Waals surface area contributed by atoms with Crippen LogP contribution < -0.4 is 11.2 Å². The number of esters is 1. The van der Waals surface area contributed by atoms with Crippen molar-refractivity contribution < 1.29 is 32.7 Å². The van der Waals surface area contributed by atoms with Gasteiger partial charge in [-0.3, -0.25) is 18.7 Å². The summed E-state index contributed by atoms with van der Waals surface area (Å²) in [5, 5.41) is 0. The summed E-state index contributed by atoms with van der Waals surface area (Å²) in [6.45, 7) is 2.71. The summed E-state index contributed by atoms with van der Waals surface area (Å²) in [6.07, 6.45) is 1.28. The zero-order chi connectivity index (χ0) is 24.1. The normalized spacial score (nSPS) is 13.4. The third-order valence-corrected chi connectivity index (χ3v) is 6.63. The number of benzene rings is 1. The first kappa shape index (κ1) is 25.4. The molecule has 0 radical (unpaired) electrons. The van der Waals surface area contributed by atoms with Gasteiger partial charge in [-0.25, -0.2) is 9.59 Å². The van der Waals surface area contributed by atoms with E-state index in [-0.39, 0.29) is 17.7 Å². The van der Waals surface area contributed by atoms with Crippen LogP contribution in [0.4, 0.5) is 0 Å². The number of methoxy groups -OCH3 is 1. The van der Waals surface area contributed by atoms with Crippen molar-refractivity contribution in [3.05, 3.63) is 68.5 Å². The number of carbonyl (C=O) groups is 2. The number of nitrogens with zero attached hydrogens (tertiary/aromatic N) is 2. The molecule has 0 bridgehead atoms. The zero-order valence-electron chi connectivity index (χ0n) is 18.3. The van der Waals surface area contributed by atoms with Crippen molar-refractivity contribution in [1.29, 1.82) is 0 Å². The second-order valence-corrected chi connectivity index (χ2v) is 9.06. The minimum Gasteiger partial charge on any atom is -0.467 e. The predicted molar refractivity (Wildman–Crippen MR) is 114 cm³/mol. The van der Waals surface area contributed by atoms with E-state index >= 15 is 0 Å². The average molecular weight is 468 g/mol. The number of ether oxygens (including phenoxy) is 2. The SMILES string of the molecule is COC(=O)C(OCC(C)n1cc(C)c(=O)n(C(=O)c2ccccc2)c1=O)P(=O)(OC)OC. The number of hydrogen-bond donors (Lipinski definition) is 0. The number of hydrogen-bond acceptors (Lipinski definition) is 9. The van der Waals surface area contributed by atoms with Crippen LogP contribution in [0.15, 0.2) is 46.1 Å². The van der Waals surface area contributed by atoms with E-state index in [9.17, 15) is 23.7 Å². The molecular weight excluding hydrogens is 443 g/mol. The molecule has 0 N–H and O–H groups in total. The molecule has 11 nitrogen and oxygen atoms in total. The molecule has 32 heavy (non-hydrogen) atoms. The molecule has 0 fully saturated rings. The summed E-state index contributed by atoms with van der Waals surface area (Å²) < 4.78 is 34.0. The predicted octanol–water partition coefficient (Wildman–Crippen LogP) is 1.57. The maximum absolute atomic E-state index is 13.0. The fraction of sp³-hybridized carbons (Fsp3) is 0.400. The van der Waals surface area contributed by atoms with Crippen molar-refractivity contribution in [3.63, 3.8) is 0 Å². The van der Waals surface area contributed by atoms with E-state index in [0.29, 0.717) is 4.57 Å². The lowest BCUT2D eigenvalue weighted by atomic mass is 10.2. The van der Waals surface area contributed by atoms with Gasteiger partial charge in [-0.15, -0.1) is 0 Å². The Morgan fingerprint density at radius 3 is 2.19 bits per heavy atom. The van der Waals surface area contributed by atoms with E-state index in [1.54, 1.807) is 25.1 Å². The third-order valence-electron chi connectivity index (χ3n) is 4.68. The number of carbonyl (C=O) groups excluding carboxylic acids is 2. The maximum Gasteiger partial charge on any atom is 0.370 e. The molecule has 0 saturated carbocycles. The zero-order valence-corrected chi connectivity index (χ0v) is 19.2. The average Bonchev–Trinajstić information content (AvgIpc) is 2.81. The van der Waals surface area contributed by atoms with E-state index < -0.39 is 42.6 Å². The van der Waals surface area contributed by atoms with E-state index in [1.807, 2.05) is 0 Å². The van der Waals surface area contributed by atoms with Crippen LogP contribution in [0.25, 0.3) is 0 Å². The number of aromatic nitrogens is 2. The van der Waals surface area contributed by atoms with Crippen LogP contribution in [0.1, 0.15) is 28.9 Å². The highest BCUT2D eigenvalue weighted by Crippen LogP contribution is 2.52. The molecule has 1 heterocycles. The highest BCUT2D eigenvalue weighted by Gasteiger charge is 2.42. The molecule has 2 rings (SSSR count). The van der Waals surface area contributed by atoms with E-state index in [2.05, 4.69) is 4.74 Å². The Labute approximate surface area is 184 Å². The standard InChI is InChI=1S/C20H25N2O9P/c1-13-11-21(14(2)12-31-19(18(25)28-3)32(27,29-4)30-5)20(26)22(16(13)23)17(24)15-9-7-6-8-10-15/h6-11,14,19H,12H2,1-5H3. The Hall–Kier alpha value is -2.85. The van der Waals surface area contributed by atoms with Gasteiger partial charge in [-0.2, -0.15) is 4.57 Å². The second kappa shape index (κ2) is 10.6. The van der Waals surface area contributed by atoms with Crippen molar-refractivity contribution in [2.45, 2.75) is 25.7 Å². The lowest BCUT2D eigenvalue weighted by Crippen LogP contribution is -2.46. The molecule has 0 saturated heterocycles. The Morgan fingerprint density at radius 1 is 1.06 bits per heavy atom. The van der Waals surface area contributed by atoms with Gasteiger partial charge in [0.05, 0.1) is 19.8 Å². The highest BCUT2D eigenvalue weighted by atomic mass is 31.2. The van der Waals surface area contributed by atoms with Crippen LogP contribution in [-0.4, -0.2) is 54.8 Å². The van der Waals surface area contributed by atoms with Crippen molar-refractivity contribution >= 4 is 19.5 Å². The van der Waals surface area contributed by atoms with Gasteiger partial charge in [0.2, 0.25) is 0 Å². The fourth-order valence-electron chi connectivity index (χ4n) is 2.87. The summed E-state index contributed by atoms with van der Waals surface area (Å²) in [7, 11) is -0.741. The Bertz CT molecular complexity index is 1130. The molecule has 174 valence electrons. The monoisotopic (exact) mass is 468 g/mol. The molecule has 0 spiro atoms. The van der Waals surface area contributed by atoms with Gasteiger partial charge in [0, 0.05) is 31.5 Å². The maximum atomic E-state index is 13.0. The fourth-order valence-corrected chi connectivity index (χ4v) is 4.03. The lowest BCUT2D eigenvalue weighted by Gasteiger charge is -2.24. The van der Waals surface area contributed by atoms with Gasteiger partial charge in [0.15, 0.2) is 0 Å². The first-order valence-electron chi connectivity index (χ1n) is 9.46. The summed E-state index contributed by atoms with van der Waals surface area (Å²) in [5.41, 5.74) is -1.32. The van der Waals surface area contributed by atoms with E-state index in [4.69, 9.17) is 13.8 Å². The first-order chi connectivity index (χ1) is 15.1. The molecule has 1 aromatic carbocycles. The highest BCUT2D eigenvalue weighted by molar-refractivity contribution is 7.55. The van der Waals surface area contributed by atoms with Gasteiger partial charge in [0.1, 0.15) is 0 Å². The van der Waals surface area contributed by atoms with Gasteiger partial charge < -0.3 is 18.5 Å². The van der Waals surface area contributed by atoms with E-state index in [0.717, 1.165) is 25.9 Å². The molecule has 2 atom stereocenters. The van der Waals surface area contributed by atoms with Crippen LogP contribution >= 0.6 is 7.60 Å². The molecule has 2 unspecified atom stereocenters. The van der Waals surface area contributed by atoms with Crippen LogP contribution in [0.2, 0.25) is 0 Å². The van der Waals surface area contributed by atoms with Crippen LogP contribution in [0.5, 0.6) is 0 Å². The Morgan fingerprint density at radius 2 is 1.66 bits per heavy atom. The molecular formula is C20H25N2O9P. The molecule has 1 aromatic heterocycles. The van der Waals surface area contributed by atoms with Crippen molar-refractivity contribution in [3.8, 4) is 0 Å². The molecule has 0 aliphatic rings. The van der Waals surface area contributed by atoms with Crippen molar-refractivity contribution in [1.82, 2.24) is 9.13 Å². The van der Waals surface area contributed by atoms with Gasteiger partial charge >= 0.3 is 19.3 Å². The van der Waals surface area contributed by atoms with Crippen molar-refractivity contribution in [2.75, 3.05) is 27.9 Å². The van der Waals surface area contributed by atoms with Crippen LogP contribution in [-0.2, 0) is 27.9 Å². The third kappa shape index (κ3) is 5.13. The first-order valence-corrected chi connectivity index (χ1v) is 11.1. The quantitative estimate of drug-likeness (QED) is 0.397. The second-order valence-electron chi connectivity index (χ2n) is 6.78. The summed E-state index contributed by atoms with van der Waals surface area (Å²) >= 11 is 0. The minimum absolute atomic E-state index is 0.143. The molecule has 2 aromatic rings. The Kier molecular flexibility index (Phi) is 8.45. The van der Waals surface area contributed by atoms with Crippen LogP contribution in [0.3, 0.4) is 0 Å². The molecule has 0 aliphatic heterocycles. The van der Waals surface area contributed by atoms with E-state index in [1.165, 1.54) is 25.3 Å². The smallest absolute Gasteiger partial charge is 0.370 e. The summed E-state index contributed by atoms with van der Waals surface area (Å²) in [4.78, 5) is 50.4. The number of aryl methyl sites for hydroxylation is 1. The van der Waals surface area contributed by atoms with Crippen molar-refractivity contribution in [2.24, 2.45) is 0 Å². The molecule has 0 amide bonds. The summed E-state index contributed by atoms with van der Waals surface area (Å²) in [5.74, 6) is -3.46. The minimum atomic E-state index is -4.00. The Balaban J connectivity index is 2.41. The lowest BCUT2D eigenvalue weighted by molar-refractivity contribution is -0.150. The van der Waals surface area contributed by atoms with Gasteiger partial charge in [-0.1, -0.05) is 18.2 Å². The molecule has 12 heteroatoms. The number of rotatable bonds is 9. The van der Waals surface area contributed by atoms with Crippen LogP contribution in [0, 0.1) is 6.92 Å². The van der Waals surface area contributed by atoms with Gasteiger partial charge in [-0.05, 0) is 26.0 Å². The largest absolute Gasteiger partial charge is 0.467 e. The molecule has 0 aliphatic carbocycles. The summed E-state index contributed by atoms with van der Waals surface area (Å²) in [6, 6.07) is 7.12. The van der Waals surface area contributed by atoms with Gasteiger partial charge in [0.25, 0.3) is 17.3 Å². The topological polar surface area (TPSA) is 132 Å².